The highest BCUT2D eigenvalue weighted by Gasteiger charge is 2.75. The van der Waals surface area contributed by atoms with Crippen molar-refractivity contribution in [2.75, 3.05) is 6.61 Å². The van der Waals surface area contributed by atoms with Gasteiger partial charge in [-0.3, -0.25) is 0 Å². The predicted octanol–water partition coefficient (Wildman–Crippen LogP) is 6.35. The van der Waals surface area contributed by atoms with Crippen LogP contribution in [0.5, 0.6) is 0 Å². The molecular weight excluding hydrogens is 448 g/mol. The minimum absolute atomic E-state index is 0.0375. The number of hydrogen-bond donors (Lipinski definition) is 3. The van der Waals surface area contributed by atoms with Gasteiger partial charge in [0.05, 0.1) is 23.4 Å². The lowest BCUT2D eigenvalue weighted by molar-refractivity contribution is -0.284. The molecule has 4 nitrogen and oxygen atoms in total. The van der Waals surface area contributed by atoms with Crippen molar-refractivity contribution in [2.24, 2.45) is 50.7 Å². The van der Waals surface area contributed by atoms with Crippen LogP contribution in [0.3, 0.4) is 0 Å². The van der Waals surface area contributed by atoms with Crippen molar-refractivity contribution in [3.8, 4) is 0 Å². The third-order valence-electron chi connectivity index (χ3n) is 14.5. The van der Waals surface area contributed by atoms with Crippen LogP contribution in [0, 0.1) is 50.7 Å². The number of fused-ring (bicyclic) bond motifs is 7. The van der Waals surface area contributed by atoms with Crippen LogP contribution in [0.4, 0.5) is 0 Å². The van der Waals surface area contributed by atoms with E-state index in [-0.39, 0.29) is 39.1 Å². The molecule has 0 spiro atoms. The highest BCUT2D eigenvalue weighted by atomic mass is 16.5. The first-order valence-corrected chi connectivity index (χ1v) is 15.2. The van der Waals surface area contributed by atoms with Gasteiger partial charge in [-0.15, -0.1) is 0 Å². The average molecular weight is 505 g/mol. The molecule has 5 fully saturated rings. The molecule has 5 aliphatic rings. The Morgan fingerprint density at radius 1 is 0.750 bits per heavy atom. The summed E-state index contributed by atoms with van der Waals surface area (Å²) in [5, 5.41) is 35.2. The molecule has 3 N–H and O–H groups in total. The van der Waals surface area contributed by atoms with Gasteiger partial charge >= 0.3 is 0 Å². The zero-order valence-electron chi connectivity index (χ0n) is 24.8. The Hall–Kier alpha value is -0.160. The van der Waals surface area contributed by atoms with E-state index in [0.717, 1.165) is 25.7 Å². The molecule has 5 aliphatic carbocycles. The van der Waals surface area contributed by atoms with Gasteiger partial charge in [0, 0.05) is 12.5 Å². The molecule has 0 radical (unpaired) electrons. The summed E-state index contributed by atoms with van der Waals surface area (Å²) < 4.78 is 6.14. The van der Waals surface area contributed by atoms with Crippen molar-refractivity contribution >= 4 is 0 Å². The maximum atomic E-state index is 12.2. The fourth-order valence-electron chi connectivity index (χ4n) is 12.5. The monoisotopic (exact) mass is 504 g/mol. The Morgan fingerprint density at radius 3 is 1.97 bits per heavy atom. The first-order chi connectivity index (χ1) is 16.5. The molecule has 1 unspecified atom stereocenters. The number of aliphatic hydroxyl groups excluding tert-OH is 2. The third kappa shape index (κ3) is 3.08. The maximum absolute atomic E-state index is 12.2. The quantitative estimate of drug-likeness (QED) is 0.419. The fraction of sp³-hybridized carbons (Fsp3) is 1.00. The molecule has 0 aromatic rings. The molecule has 36 heavy (non-hydrogen) atoms. The summed E-state index contributed by atoms with van der Waals surface area (Å²) in [5.41, 5.74) is -1.39. The summed E-state index contributed by atoms with van der Waals surface area (Å²) in [4.78, 5) is 0. The van der Waals surface area contributed by atoms with Crippen LogP contribution >= 0.6 is 0 Å². The SMILES string of the molecule is CCOC(C)(C)C1(O)CC[C@]2(C)[C@H]3CC[C@@H]4[C@@]5(C)CC[C@H](O)C(C)(C)[C@@H]5CC[C@@]4(C)[C@]3(C)C[C@H](O)[C@@H]12. The largest absolute Gasteiger partial charge is 0.393 e. The highest BCUT2D eigenvalue weighted by molar-refractivity contribution is 5.24. The van der Waals surface area contributed by atoms with E-state index in [1.807, 2.05) is 20.8 Å². The molecule has 0 aliphatic heterocycles. The van der Waals surface area contributed by atoms with Gasteiger partial charge in [0.15, 0.2) is 0 Å². The number of ether oxygens (including phenoxy) is 1. The van der Waals surface area contributed by atoms with Gasteiger partial charge in [0.1, 0.15) is 0 Å². The summed E-state index contributed by atoms with van der Waals surface area (Å²) in [7, 11) is 0. The molecule has 0 saturated heterocycles. The molecule has 0 aromatic carbocycles. The van der Waals surface area contributed by atoms with Crippen molar-refractivity contribution in [3.63, 3.8) is 0 Å². The summed E-state index contributed by atoms with van der Waals surface area (Å²) in [6.45, 7) is 21.3. The van der Waals surface area contributed by atoms with E-state index in [0.29, 0.717) is 30.8 Å². The zero-order chi connectivity index (χ0) is 26.7. The van der Waals surface area contributed by atoms with Gasteiger partial charge in [-0.25, -0.2) is 0 Å². The molecule has 0 amide bonds. The van der Waals surface area contributed by atoms with Crippen LogP contribution in [0.1, 0.15) is 120 Å². The summed E-state index contributed by atoms with van der Waals surface area (Å²) in [6, 6.07) is 0. The molecule has 4 heteroatoms. The summed E-state index contributed by atoms with van der Waals surface area (Å²) >= 11 is 0. The van der Waals surface area contributed by atoms with E-state index in [2.05, 4.69) is 41.5 Å². The van der Waals surface area contributed by atoms with Crippen molar-refractivity contribution in [1.82, 2.24) is 0 Å². The van der Waals surface area contributed by atoms with E-state index in [1.54, 1.807) is 0 Å². The van der Waals surface area contributed by atoms with E-state index in [9.17, 15) is 15.3 Å². The smallest absolute Gasteiger partial charge is 0.0988 e. The van der Waals surface area contributed by atoms with Gasteiger partial charge < -0.3 is 20.1 Å². The van der Waals surface area contributed by atoms with Crippen LogP contribution in [-0.2, 0) is 4.74 Å². The Labute approximate surface area is 221 Å². The van der Waals surface area contributed by atoms with E-state index >= 15 is 0 Å². The number of rotatable bonds is 3. The van der Waals surface area contributed by atoms with Crippen LogP contribution in [0.15, 0.2) is 0 Å². The molecule has 208 valence electrons. The summed E-state index contributed by atoms with van der Waals surface area (Å²) in [6.07, 6.45) is 8.54. The van der Waals surface area contributed by atoms with Crippen molar-refractivity contribution in [3.05, 3.63) is 0 Å². The normalized spacial score (nSPS) is 56.3. The lowest BCUT2D eigenvalue weighted by Gasteiger charge is -2.74. The zero-order valence-corrected chi connectivity index (χ0v) is 24.8. The molecule has 5 saturated carbocycles. The molecule has 0 bridgehead atoms. The Kier molecular flexibility index (Phi) is 6.05. The van der Waals surface area contributed by atoms with Crippen LogP contribution in [0.2, 0.25) is 0 Å². The lowest BCUT2D eigenvalue weighted by atomic mass is 9.31. The standard InChI is InChI=1S/C32H56O4/c1-10-36-27(4,5)32(35)18-17-29(7)23-12-11-22-28(6)15-14-24(34)26(2,3)21(28)13-16-30(22,8)31(23,9)19-20(33)25(29)32/h20-25,33-35H,10-19H2,1-9H3/t20-,21-,22+,23+,24-,25+,28-,29+,30+,31+,32?/m0/s1. The van der Waals surface area contributed by atoms with Gasteiger partial charge in [-0.2, -0.15) is 0 Å². The fourth-order valence-corrected chi connectivity index (χ4v) is 12.5. The Bertz CT molecular complexity index is 883. The second kappa shape index (κ2) is 7.95. The average Bonchev–Trinajstić information content (AvgIpc) is 3.05. The van der Waals surface area contributed by atoms with Crippen molar-refractivity contribution in [2.45, 2.75) is 144 Å². The van der Waals surface area contributed by atoms with Crippen molar-refractivity contribution < 1.29 is 20.1 Å². The minimum atomic E-state index is -1.01. The first-order valence-electron chi connectivity index (χ1n) is 15.2. The van der Waals surface area contributed by atoms with Crippen molar-refractivity contribution in [1.29, 1.82) is 0 Å². The minimum Gasteiger partial charge on any atom is -0.393 e. The Morgan fingerprint density at radius 2 is 1.36 bits per heavy atom. The lowest BCUT2D eigenvalue weighted by Crippen LogP contribution is -2.70. The van der Waals surface area contributed by atoms with Gasteiger partial charge in [-0.05, 0) is 123 Å². The van der Waals surface area contributed by atoms with Gasteiger partial charge in [0.2, 0.25) is 0 Å². The molecular formula is C32H56O4. The number of aliphatic hydroxyl groups is 3. The second-order valence-corrected chi connectivity index (χ2v) is 16.1. The molecule has 0 heterocycles. The van der Waals surface area contributed by atoms with Crippen LogP contribution in [0.25, 0.3) is 0 Å². The molecule has 5 rings (SSSR count). The van der Waals surface area contributed by atoms with Crippen LogP contribution < -0.4 is 0 Å². The van der Waals surface area contributed by atoms with E-state index < -0.39 is 17.3 Å². The van der Waals surface area contributed by atoms with E-state index in [1.165, 1.54) is 25.7 Å². The highest BCUT2D eigenvalue weighted by Crippen LogP contribution is 2.78. The topological polar surface area (TPSA) is 69.9 Å². The van der Waals surface area contributed by atoms with E-state index in [4.69, 9.17) is 4.74 Å². The van der Waals surface area contributed by atoms with Gasteiger partial charge in [0.25, 0.3) is 0 Å². The third-order valence-corrected chi connectivity index (χ3v) is 14.5. The Balaban J connectivity index is 1.54. The number of hydrogen-bond acceptors (Lipinski definition) is 4. The summed E-state index contributed by atoms with van der Waals surface area (Å²) in [5.74, 6) is 1.51. The molecule has 11 atom stereocenters. The van der Waals surface area contributed by atoms with Crippen LogP contribution in [-0.4, -0.2) is 45.3 Å². The molecule has 0 aromatic heterocycles. The first kappa shape index (κ1) is 27.4. The maximum Gasteiger partial charge on any atom is 0.0988 e. The second-order valence-electron chi connectivity index (χ2n) is 16.1. The predicted molar refractivity (Wildman–Crippen MR) is 144 cm³/mol. The van der Waals surface area contributed by atoms with Gasteiger partial charge in [-0.1, -0.05) is 41.5 Å².